The highest BCUT2D eigenvalue weighted by atomic mass is 127. The molecule has 88 valence electrons. The molecule has 1 N–H and O–H groups in total. The van der Waals surface area contributed by atoms with Gasteiger partial charge in [-0.25, -0.2) is 8.42 Å². The van der Waals surface area contributed by atoms with Gasteiger partial charge in [0.05, 0.1) is 11.5 Å². The third-order valence-electron chi connectivity index (χ3n) is 2.36. The Morgan fingerprint density at radius 1 is 1.38 bits per heavy atom. The van der Waals surface area contributed by atoms with Crippen molar-refractivity contribution in [2.24, 2.45) is 0 Å². The van der Waals surface area contributed by atoms with Gasteiger partial charge >= 0.3 is 0 Å². The summed E-state index contributed by atoms with van der Waals surface area (Å²) in [5.74, 6) is 0.273. The van der Waals surface area contributed by atoms with E-state index in [0.717, 1.165) is 3.57 Å². The molecule has 0 aromatic heterocycles. The van der Waals surface area contributed by atoms with Gasteiger partial charge in [-0.3, -0.25) is 0 Å². The van der Waals surface area contributed by atoms with Crippen LogP contribution in [0.3, 0.4) is 0 Å². The van der Waals surface area contributed by atoms with Crippen molar-refractivity contribution >= 4 is 32.4 Å². The predicted molar refractivity (Wildman–Crippen MR) is 68.2 cm³/mol. The number of aliphatic hydroxyl groups excluding tert-OH is 1. The first kappa shape index (κ1) is 12.1. The van der Waals surface area contributed by atoms with Gasteiger partial charge in [-0.1, -0.05) is 6.07 Å². The fourth-order valence-corrected chi connectivity index (χ4v) is 3.80. The summed E-state index contributed by atoms with van der Waals surface area (Å²) in [6, 6.07) is 7.29. The highest BCUT2D eigenvalue weighted by molar-refractivity contribution is 14.1. The molecule has 2 unspecified atom stereocenters. The highest BCUT2D eigenvalue weighted by Crippen LogP contribution is 2.21. The van der Waals surface area contributed by atoms with Crippen molar-refractivity contribution in [1.29, 1.82) is 0 Å². The molecule has 2 atom stereocenters. The molecule has 16 heavy (non-hydrogen) atoms. The third kappa shape index (κ3) is 2.86. The van der Waals surface area contributed by atoms with Crippen molar-refractivity contribution in [3.05, 3.63) is 27.8 Å². The molecule has 0 aliphatic carbocycles. The molecule has 0 amide bonds. The molecule has 1 aromatic carbocycles. The second-order valence-corrected chi connectivity index (χ2v) is 7.16. The van der Waals surface area contributed by atoms with Gasteiger partial charge in [-0.05, 0) is 40.8 Å². The second-order valence-electron chi connectivity index (χ2n) is 3.76. The predicted octanol–water partition coefficient (Wildman–Crippen LogP) is 0.828. The molecule has 1 aliphatic rings. The first-order valence-corrected chi connectivity index (χ1v) is 7.67. The van der Waals surface area contributed by atoms with Crippen LogP contribution in [0.1, 0.15) is 0 Å². The Bertz CT molecular complexity index is 485. The van der Waals surface area contributed by atoms with Crippen LogP contribution < -0.4 is 4.74 Å². The fraction of sp³-hybridized carbons (Fsp3) is 0.400. The molecule has 2 rings (SSSR count). The Morgan fingerprint density at radius 2 is 2.12 bits per heavy atom. The van der Waals surface area contributed by atoms with Crippen molar-refractivity contribution in [3.8, 4) is 5.75 Å². The van der Waals surface area contributed by atoms with E-state index < -0.39 is 22.0 Å². The highest BCUT2D eigenvalue weighted by Gasteiger charge is 2.38. The van der Waals surface area contributed by atoms with Crippen LogP contribution in [-0.2, 0) is 9.84 Å². The van der Waals surface area contributed by atoms with E-state index in [1.807, 2.05) is 12.1 Å². The maximum absolute atomic E-state index is 11.3. The van der Waals surface area contributed by atoms with E-state index in [0.29, 0.717) is 5.75 Å². The lowest BCUT2D eigenvalue weighted by atomic mass is 10.2. The smallest absolute Gasteiger partial charge is 0.156 e. The monoisotopic (exact) mass is 354 g/mol. The number of sulfone groups is 1. The molecule has 0 spiro atoms. The quantitative estimate of drug-likeness (QED) is 0.800. The molecule has 1 saturated heterocycles. The van der Waals surface area contributed by atoms with Gasteiger partial charge in [-0.2, -0.15) is 0 Å². The summed E-state index contributed by atoms with van der Waals surface area (Å²) >= 11 is 2.14. The Morgan fingerprint density at radius 3 is 2.69 bits per heavy atom. The Hall–Kier alpha value is -0.340. The van der Waals surface area contributed by atoms with Crippen molar-refractivity contribution in [3.63, 3.8) is 0 Å². The number of hydrogen-bond donors (Lipinski definition) is 1. The Balaban J connectivity index is 2.11. The lowest BCUT2D eigenvalue weighted by Crippen LogP contribution is -2.29. The van der Waals surface area contributed by atoms with E-state index in [9.17, 15) is 13.5 Å². The number of hydrogen-bond acceptors (Lipinski definition) is 4. The van der Waals surface area contributed by atoms with Gasteiger partial charge in [-0.15, -0.1) is 0 Å². The van der Waals surface area contributed by atoms with Gasteiger partial charge in [0.1, 0.15) is 18.0 Å². The number of halogens is 1. The Labute approximate surface area is 108 Å². The molecule has 0 bridgehead atoms. The summed E-state index contributed by atoms with van der Waals surface area (Å²) in [6.45, 7) is 0. The van der Waals surface area contributed by atoms with E-state index in [-0.39, 0.29) is 11.5 Å². The van der Waals surface area contributed by atoms with Crippen LogP contribution >= 0.6 is 22.6 Å². The van der Waals surface area contributed by atoms with Crippen LogP contribution in [0.15, 0.2) is 24.3 Å². The largest absolute Gasteiger partial charge is 0.487 e. The summed E-state index contributed by atoms with van der Waals surface area (Å²) in [4.78, 5) is 0. The van der Waals surface area contributed by atoms with Crippen LogP contribution in [0.2, 0.25) is 0 Å². The fourth-order valence-electron chi connectivity index (χ4n) is 1.62. The van der Waals surface area contributed by atoms with Gasteiger partial charge in [0.15, 0.2) is 9.84 Å². The van der Waals surface area contributed by atoms with E-state index >= 15 is 0 Å². The maximum Gasteiger partial charge on any atom is 0.156 e. The van der Waals surface area contributed by atoms with Crippen LogP contribution in [0.5, 0.6) is 5.75 Å². The van der Waals surface area contributed by atoms with Crippen LogP contribution in [-0.4, -0.2) is 37.2 Å². The van der Waals surface area contributed by atoms with Crippen molar-refractivity contribution in [2.45, 2.75) is 12.2 Å². The molecule has 1 heterocycles. The first-order chi connectivity index (χ1) is 7.46. The number of aliphatic hydroxyl groups is 1. The van der Waals surface area contributed by atoms with E-state index in [1.165, 1.54) is 0 Å². The van der Waals surface area contributed by atoms with Gasteiger partial charge in [0.2, 0.25) is 0 Å². The molecule has 0 radical (unpaired) electrons. The Kier molecular flexibility index (Phi) is 3.41. The second kappa shape index (κ2) is 4.50. The first-order valence-electron chi connectivity index (χ1n) is 4.77. The van der Waals surface area contributed by atoms with E-state index in [1.54, 1.807) is 12.1 Å². The minimum atomic E-state index is -3.15. The van der Waals surface area contributed by atoms with Crippen LogP contribution in [0.4, 0.5) is 0 Å². The van der Waals surface area contributed by atoms with Gasteiger partial charge in [0.25, 0.3) is 0 Å². The van der Waals surface area contributed by atoms with E-state index in [2.05, 4.69) is 22.6 Å². The SMILES string of the molecule is O=S1(=O)CC(O)C(Oc2cccc(I)c2)C1. The summed E-state index contributed by atoms with van der Waals surface area (Å²) < 4.78 is 29.0. The molecule has 4 nitrogen and oxygen atoms in total. The number of ether oxygens (including phenoxy) is 1. The lowest BCUT2D eigenvalue weighted by Gasteiger charge is -2.15. The lowest BCUT2D eigenvalue weighted by molar-refractivity contribution is 0.0737. The topological polar surface area (TPSA) is 63.6 Å². The molecule has 0 saturated carbocycles. The summed E-state index contributed by atoms with van der Waals surface area (Å²) in [7, 11) is -3.15. The van der Waals surface area contributed by atoms with Crippen LogP contribution in [0.25, 0.3) is 0 Å². The molecule has 6 heteroatoms. The van der Waals surface area contributed by atoms with Crippen LogP contribution in [0, 0.1) is 3.57 Å². The molecule has 1 aromatic rings. The minimum absolute atomic E-state index is 0.111. The molecular formula is C10H11IO4S. The van der Waals surface area contributed by atoms with Crippen molar-refractivity contribution in [1.82, 2.24) is 0 Å². The normalized spacial score (nSPS) is 27.9. The molecular weight excluding hydrogens is 343 g/mol. The third-order valence-corrected chi connectivity index (χ3v) is 4.71. The summed E-state index contributed by atoms with van der Waals surface area (Å²) in [5, 5.41) is 9.55. The van der Waals surface area contributed by atoms with Gasteiger partial charge < -0.3 is 9.84 Å². The number of benzene rings is 1. The molecule has 1 fully saturated rings. The van der Waals surface area contributed by atoms with Gasteiger partial charge in [0, 0.05) is 3.57 Å². The van der Waals surface area contributed by atoms with E-state index in [4.69, 9.17) is 4.74 Å². The average molecular weight is 354 g/mol. The zero-order chi connectivity index (χ0) is 11.8. The summed E-state index contributed by atoms with van der Waals surface area (Å²) in [5.41, 5.74) is 0. The number of rotatable bonds is 2. The van der Waals surface area contributed by atoms with Crippen molar-refractivity contribution in [2.75, 3.05) is 11.5 Å². The maximum atomic E-state index is 11.3. The van der Waals surface area contributed by atoms with Crippen molar-refractivity contribution < 1.29 is 18.3 Å². The standard InChI is InChI=1S/C10H11IO4S/c11-7-2-1-3-8(4-7)15-10-6-16(13,14)5-9(10)12/h1-4,9-10,12H,5-6H2. The molecule has 1 aliphatic heterocycles. The summed E-state index contributed by atoms with van der Waals surface area (Å²) in [6.07, 6.45) is -1.58. The zero-order valence-corrected chi connectivity index (χ0v) is 11.3. The minimum Gasteiger partial charge on any atom is -0.487 e. The average Bonchev–Trinajstić information content (AvgIpc) is 2.39. The zero-order valence-electron chi connectivity index (χ0n) is 8.34.